The number of benzene rings is 1. The van der Waals surface area contributed by atoms with Gasteiger partial charge in [-0.3, -0.25) is 14.9 Å². The average Bonchev–Trinajstić information content (AvgIpc) is 2.72. The fourth-order valence-corrected chi connectivity index (χ4v) is 2.91. The van der Waals surface area contributed by atoms with Crippen LogP contribution in [0.2, 0.25) is 0 Å². The Hall–Kier alpha value is -3.23. The van der Waals surface area contributed by atoms with Crippen molar-refractivity contribution in [1.29, 1.82) is 0 Å². The molecule has 0 aliphatic carbocycles. The maximum absolute atomic E-state index is 12.7. The molecule has 0 saturated carbocycles. The smallest absolute Gasteiger partial charge is 0.360 e. The minimum atomic E-state index is -1.22. The molecule has 1 aromatic heterocycles. The SMILES string of the molecule is CCCCCCn1nc(C(=O)OC(C)C(=O)NC(=O)NCC)c2ccccc2c1=O. The van der Waals surface area contributed by atoms with Crippen LogP contribution >= 0.6 is 0 Å². The Labute approximate surface area is 174 Å². The average molecular weight is 416 g/mol. The van der Waals surface area contributed by atoms with Crippen molar-refractivity contribution in [2.75, 3.05) is 6.54 Å². The Morgan fingerprint density at radius 3 is 2.47 bits per heavy atom. The van der Waals surface area contributed by atoms with Crippen LogP contribution in [0.15, 0.2) is 29.1 Å². The van der Waals surface area contributed by atoms with Gasteiger partial charge in [0.2, 0.25) is 0 Å². The van der Waals surface area contributed by atoms with Crippen LogP contribution in [0.3, 0.4) is 0 Å². The van der Waals surface area contributed by atoms with Gasteiger partial charge >= 0.3 is 12.0 Å². The zero-order chi connectivity index (χ0) is 22.1. The highest BCUT2D eigenvalue weighted by molar-refractivity contribution is 6.03. The van der Waals surface area contributed by atoms with Crippen molar-refractivity contribution in [2.24, 2.45) is 0 Å². The number of aromatic nitrogens is 2. The van der Waals surface area contributed by atoms with Gasteiger partial charge < -0.3 is 10.1 Å². The fraction of sp³-hybridized carbons (Fsp3) is 0.476. The number of imide groups is 1. The molecular weight excluding hydrogens is 388 g/mol. The van der Waals surface area contributed by atoms with Gasteiger partial charge in [0.05, 0.1) is 5.39 Å². The van der Waals surface area contributed by atoms with Crippen LogP contribution in [0, 0.1) is 0 Å². The second-order valence-electron chi connectivity index (χ2n) is 6.88. The van der Waals surface area contributed by atoms with E-state index in [0.29, 0.717) is 23.9 Å². The maximum atomic E-state index is 12.7. The molecule has 0 spiro atoms. The molecule has 0 bridgehead atoms. The van der Waals surface area contributed by atoms with Crippen molar-refractivity contribution in [1.82, 2.24) is 20.4 Å². The Balaban J connectivity index is 2.25. The number of carbonyl (C=O) groups excluding carboxylic acids is 3. The number of rotatable bonds is 9. The number of nitrogens with zero attached hydrogens (tertiary/aromatic N) is 2. The summed E-state index contributed by atoms with van der Waals surface area (Å²) < 4.78 is 6.49. The summed E-state index contributed by atoms with van der Waals surface area (Å²) in [4.78, 5) is 49.0. The summed E-state index contributed by atoms with van der Waals surface area (Å²) in [7, 11) is 0. The van der Waals surface area contributed by atoms with E-state index in [1.165, 1.54) is 11.6 Å². The third-order valence-corrected chi connectivity index (χ3v) is 4.51. The van der Waals surface area contributed by atoms with E-state index in [1.807, 2.05) is 0 Å². The molecule has 0 fully saturated rings. The number of urea groups is 1. The van der Waals surface area contributed by atoms with Gasteiger partial charge in [-0.2, -0.15) is 5.10 Å². The summed E-state index contributed by atoms with van der Waals surface area (Å²) in [5.41, 5.74) is -0.320. The van der Waals surface area contributed by atoms with Gasteiger partial charge in [-0.1, -0.05) is 44.4 Å². The molecule has 0 aliphatic rings. The van der Waals surface area contributed by atoms with Gasteiger partial charge in [-0.05, 0) is 26.3 Å². The van der Waals surface area contributed by atoms with Crippen molar-refractivity contribution in [3.63, 3.8) is 0 Å². The van der Waals surface area contributed by atoms with Crippen molar-refractivity contribution in [3.05, 3.63) is 40.3 Å². The van der Waals surface area contributed by atoms with E-state index in [0.717, 1.165) is 25.7 Å². The number of ether oxygens (including phenoxy) is 1. The lowest BCUT2D eigenvalue weighted by molar-refractivity contribution is -0.127. The largest absolute Gasteiger partial charge is 0.448 e. The van der Waals surface area contributed by atoms with Crippen LogP contribution in [0.25, 0.3) is 10.8 Å². The first kappa shape index (κ1) is 23.1. The lowest BCUT2D eigenvalue weighted by atomic mass is 10.1. The summed E-state index contributed by atoms with van der Waals surface area (Å²) in [5, 5.41) is 9.44. The third kappa shape index (κ3) is 5.88. The number of aryl methyl sites for hydroxylation is 1. The molecule has 0 saturated heterocycles. The zero-order valence-electron chi connectivity index (χ0n) is 17.6. The highest BCUT2D eigenvalue weighted by Crippen LogP contribution is 2.15. The van der Waals surface area contributed by atoms with Crippen molar-refractivity contribution >= 4 is 28.7 Å². The quantitative estimate of drug-likeness (QED) is 0.478. The summed E-state index contributed by atoms with van der Waals surface area (Å²) >= 11 is 0. The molecule has 30 heavy (non-hydrogen) atoms. The van der Waals surface area contributed by atoms with Crippen molar-refractivity contribution in [2.45, 2.75) is 59.1 Å². The Morgan fingerprint density at radius 1 is 1.10 bits per heavy atom. The van der Waals surface area contributed by atoms with Gasteiger partial charge in [-0.25, -0.2) is 14.3 Å². The van der Waals surface area contributed by atoms with Gasteiger partial charge in [0.25, 0.3) is 11.5 Å². The van der Waals surface area contributed by atoms with Crippen molar-refractivity contribution < 1.29 is 19.1 Å². The maximum Gasteiger partial charge on any atom is 0.360 e. The molecule has 3 amide bonds. The molecule has 1 atom stereocenters. The standard InChI is InChI=1S/C21H28N4O5/c1-4-6-7-10-13-25-19(27)16-12-9-8-11-15(16)17(24-25)20(28)30-14(3)18(26)23-21(29)22-5-2/h8-9,11-12,14H,4-7,10,13H2,1-3H3,(H2,22,23,26,29). The summed E-state index contributed by atoms with van der Waals surface area (Å²) in [5.74, 6) is -1.60. The molecule has 1 aromatic carbocycles. The number of unbranched alkanes of at least 4 members (excludes halogenated alkanes) is 3. The molecular formula is C21H28N4O5. The summed E-state index contributed by atoms with van der Waals surface area (Å²) in [6.45, 7) is 5.90. The molecule has 0 radical (unpaired) electrons. The monoisotopic (exact) mass is 416 g/mol. The molecule has 1 unspecified atom stereocenters. The summed E-state index contributed by atoms with van der Waals surface area (Å²) in [6.07, 6.45) is 2.61. The number of hydrogen-bond donors (Lipinski definition) is 2. The lowest BCUT2D eigenvalue weighted by Gasteiger charge is -2.14. The fourth-order valence-electron chi connectivity index (χ4n) is 2.91. The number of nitrogens with one attached hydrogen (secondary N) is 2. The van der Waals surface area contributed by atoms with Crippen LogP contribution in [-0.2, 0) is 16.1 Å². The van der Waals surface area contributed by atoms with E-state index in [1.54, 1.807) is 31.2 Å². The van der Waals surface area contributed by atoms with Crippen LogP contribution in [-0.4, -0.2) is 40.3 Å². The first-order chi connectivity index (χ1) is 14.4. The molecule has 2 rings (SSSR count). The van der Waals surface area contributed by atoms with Gasteiger partial charge in [0.1, 0.15) is 0 Å². The van der Waals surface area contributed by atoms with Crippen LogP contribution in [0.1, 0.15) is 56.9 Å². The van der Waals surface area contributed by atoms with E-state index in [-0.39, 0.29) is 11.3 Å². The van der Waals surface area contributed by atoms with Gasteiger partial charge in [-0.15, -0.1) is 0 Å². The van der Waals surface area contributed by atoms with E-state index in [9.17, 15) is 19.2 Å². The first-order valence-electron chi connectivity index (χ1n) is 10.2. The lowest BCUT2D eigenvalue weighted by Crippen LogP contribution is -2.44. The minimum Gasteiger partial charge on any atom is -0.448 e. The molecule has 0 aliphatic heterocycles. The second kappa shape index (κ2) is 11.1. The molecule has 2 N–H and O–H groups in total. The van der Waals surface area contributed by atoms with E-state index < -0.39 is 24.0 Å². The predicted molar refractivity (Wildman–Crippen MR) is 112 cm³/mol. The third-order valence-electron chi connectivity index (χ3n) is 4.51. The zero-order valence-corrected chi connectivity index (χ0v) is 17.6. The number of carbonyl (C=O) groups is 3. The normalized spacial score (nSPS) is 11.7. The molecule has 1 heterocycles. The topological polar surface area (TPSA) is 119 Å². The second-order valence-corrected chi connectivity index (χ2v) is 6.88. The molecule has 9 nitrogen and oxygen atoms in total. The van der Waals surface area contributed by atoms with Crippen LogP contribution in [0.4, 0.5) is 4.79 Å². The number of amides is 3. The van der Waals surface area contributed by atoms with Crippen LogP contribution < -0.4 is 16.2 Å². The highest BCUT2D eigenvalue weighted by atomic mass is 16.5. The Bertz CT molecular complexity index is 970. The van der Waals surface area contributed by atoms with E-state index in [2.05, 4.69) is 22.7 Å². The van der Waals surface area contributed by atoms with E-state index in [4.69, 9.17) is 4.74 Å². The predicted octanol–water partition coefficient (Wildman–Crippen LogP) is 2.37. The Kier molecular flexibility index (Phi) is 8.52. The minimum absolute atomic E-state index is 0.0432. The molecule has 2 aromatic rings. The van der Waals surface area contributed by atoms with Crippen LogP contribution in [0.5, 0.6) is 0 Å². The van der Waals surface area contributed by atoms with E-state index >= 15 is 0 Å². The molecule has 162 valence electrons. The number of esters is 1. The first-order valence-corrected chi connectivity index (χ1v) is 10.2. The molecule has 9 heteroatoms. The van der Waals surface area contributed by atoms with Gasteiger partial charge in [0.15, 0.2) is 11.8 Å². The Morgan fingerprint density at radius 2 is 1.80 bits per heavy atom. The number of hydrogen-bond acceptors (Lipinski definition) is 6. The number of fused-ring (bicyclic) bond motifs is 1. The van der Waals surface area contributed by atoms with Crippen molar-refractivity contribution in [3.8, 4) is 0 Å². The highest BCUT2D eigenvalue weighted by Gasteiger charge is 2.24. The summed E-state index contributed by atoms with van der Waals surface area (Å²) in [6, 6.07) is 5.97. The van der Waals surface area contributed by atoms with Gasteiger partial charge in [0, 0.05) is 18.5 Å².